The van der Waals surface area contributed by atoms with Gasteiger partial charge in [-0.15, -0.1) is 0 Å². The minimum atomic E-state index is -0.275. The quantitative estimate of drug-likeness (QED) is 0.859. The zero-order chi connectivity index (χ0) is 15.5. The standard InChI is InChI=1S/C17H22N2O3/c1-2-22-17(21)19-10-8-18(9-11-19)16(20)15-12-14(15)13-6-4-3-5-7-13/h3-7,14-15H,2,8-12H2,1H3. The topological polar surface area (TPSA) is 49.9 Å². The van der Waals surface area contributed by atoms with E-state index in [1.54, 1.807) is 11.8 Å². The van der Waals surface area contributed by atoms with Gasteiger partial charge in [-0.1, -0.05) is 30.3 Å². The van der Waals surface area contributed by atoms with E-state index in [1.165, 1.54) is 5.56 Å². The average Bonchev–Trinajstić information content (AvgIpc) is 3.36. The maximum absolute atomic E-state index is 12.5. The van der Waals surface area contributed by atoms with Crippen LogP contribution in [-0.4, -0.2) is 54.6 Å². The Hall–Kier alpha value is -2.04. The van der Waals surface area contributed by atoms with Gasteiger partial charge in [-0.05, 0) is 24.8 Å². The SMILES string of the molecule is CCOC(=O)N1CCN(C(=O)C2CC2c2ccccc2)CC1. The Bertz CT molecular complexity index is 538. The Morgan fingerprint density at radius 2 is 1.73 bits per heavy atom. The highest BCUT2D eigenvalue weighted by Gasteiger charge is 2.46. The first-order valence-electron chi connectivity index (χ1n) is 7.96. The molecule has 2 unspecified atom stereocenters. The minimum Gasteiger partial charge on any atom is -0.450 e. The smallest absolute Gasteiger partial charge is 0.409 e. The molecule has 118 valence electrons. The summed E-state index contributed by atoms with van der Waals surface area (Å²) in [5.74, 6) is 0.727. The van der Waals surface area contributed by atoms with Crippen molar-refractivity contribution in [1.29, 1.82) is 0 Å². The van der Waals surface area contributed by atoms with Gasteiger partial charge in [0.25, 0.3) is 0 Å². The highest BCUT2D eigenvalue weighted by Crippen LogP contribution is 2.48. The Morgan fingerprint density at radius 3 is 2.36 bits per heavy atom. The van der Waals surface area contributed by atoms with E-state index in [0.717, 1.165) is 6.42 Å². The van der Waals surface area contributed by atoms with Crippen molar-refractivity contribution < 1.29 is 14.3 Å². The summed E-state index contributed by atoms with van der Waals surface area (Å²) >= 11 is 0. The largest absolute Gasteiger partial charge is 0.450 e. The van der Waals surface area contributed by atoms with Crippen molar-refractivity contribution >= 4 is 12.0 Å². The molecule has 2 aliphatic rings. The van der Waals surface area contributed by atoms with Gasteiger partial charge < -0.3 is 14.5 Å². The van der Waals surface area contributed by atoms with Gasteiger partial charge in [0.1, 0.15) is 0 Å². The molecule has 1 saturated carbocycles. The van der Waals surface area contributed by atoms with Gasteiger partial charge in [0, 0.05) is 32.1 Å². The fourth-order valence-electron chi connectivity index (χ4n) is 3.10. The number of hydrogen-bond donors (Lipinski definition) is 0. The first kappa shape index (κ1) is 14.9. The lowest BCUT2D eigenvalue weighted by Gasteiger charge is -2.34. The molecule has 2 amide bonds. The zero-order valence-corrected chi connectivity index (χ0v) is 12.9. The van der Waals surface area contributed by atoms with Crippen LogP contribution in [0.3, 0.4) is 0 Å². The van der Waals surface area contributed by atoms with Crippen LogP contribution in [-0.2, 0) is 9.53 Å². The zero-order valence-electron chi connectivity index (χ0n) is 12.9. The number of ether oxygens (including phenoxy) is 1. The van der Waals surface area contributed by atoms with Crippen molar-refractivity contribution in [2.45, 2.75) is 19.3 Å². The first-order valence-corrected chi connectivity index (χ1v) is 7.96. The predicted octanol–water partition coefficient (Wildman–Crippen LogP) is 2.09. The van der Waals surface area contributed by atoms with Crippen LogP contribution in [0.4, 0.5) is 4.79 Å². The molecule has 1 aliphatic heterocycles. The van der Waals surface area contributed by atoms with Crippen molar-refractivity contribution in [1.82, 2.24) is 9.80 Å². The van der Waals surface area contributed by atoms with Crippen molar-refractivity contribution in [3.05, 3.63) is 35.9 Å². The molecule has 5 heteroatoms. The highest BCUT2D eigenvalue weighted by molar-refractivity contribution is 5.83. The molecule has 1 aliphatic carbocycles. The maximum atomic E-state index is 12.5. The van der Waals surface area contributed by atoms with Crippen molar-refractivity contribution in [2.24, 2.45) is 5.92 Å². The van der Waals surface area contributed by atoms with Gasteiger partial charge in [0.05, 0.1) is 6.61 Å². The number of hydrogen-bond acceptors (Lipinski definition) is 3. The van der Waals surface area contributed by atoms with Gasteiger partial charge in [-0.25, -0.2) is 4.79 Å². The van der Waals surface area contributed by atoms with E-state index < -0.39 is 0 Å². The van der Waals surface area contributed by atoms with E-state index >= 15 is 0 Å². The Labute approximate surface area is 130 Å². The van der Waals surface area contributed by atoms with Crippen LogP contribution in [0.5, 0.6) is 0 Å². The Kier molecular flexibility index (Phi) is 4.32. The molecule has 0 bridgehead atoms. The molecule has 1 aromatic carbocycles. The third kappa shape index (κ3) is 3.08. The molecule has 0 radical (unpaired) electrons. The molecule has 0 N–H and O–H groups in total. The maximum Gasteiger partial charge on any atom is 0.409 e. The second-order valence-electron chi connectivity index (χ2n) is 5.87. The van der Waals surface area contributed by atoms with Crippen molar-refractivity contribution in [2.75, 3.05) is 32.8 Å². The molecule has 2 fully saturated rings. The van der Waals surface area contributed by atoms with Crippen LogP contribution in [0.2, 0.25) is 0 Å². The summed E-state index contributed by atoms with van der Waals surface area (Å²) in [5, 5.41) is 0. The summed E-state index contributed by atoms with van der Waals surface area (Å²) in [5.41, 5.74) is 1.26. The second-order valence-corrected chi connectivity index (χ2v) is 5.87. The van der Waals surface area contributed by atoms with Gasteiger partial charge >= 0.3 is 6.09 Å². The lowest BCUT2D eigenvalue weighted by molar-refractivity contribution is -0.134. The number of carbonyl (C=O) groups excluding carboxylic acids is 2. The molecule has 1 aromatic rings. The van der Waals surface area contributed by atoms with Crippen LogP contribution in [0.25, 0.3) is 0 Å². The van der Waals surface area contributed by atoms with E-state index in [2.05, 4.69) is 12.1 Å². The number of carbonyl (C=O) groups is 2. The highest BCUT2D eigenvalue weighted by atomic mass is 16.6. The molecule has 3 rings (SSSR count). The fraction of sp³-hybridized carbons (Fsp3) is 0.529. The summed E-state index contributed by atoms with van der Waals surface area (Å²) < 4.78 is 5.00. The molecule has 2 atom stereocenters. The third-order valence-electron chi connectivity index (χ3n) is 4.45. The number of benzene rings is 1. The van der Waals surface area contributed by atoms with E-state index in [0.29, 0.717) is 38.7 Å². The lowest BCUT2D eigenvalue weighted by atomic mass is 10.1. The summed E-state index contributed by atoms with van der Waals surface area (Å²) in [6.45, 7) is 4.53. The summed E-state index contributed by atoms with van der Waals surface area (Å²) in [6.07, 6.45) is 0.671. The number of piperazine rings is 1. The van der Waals surface area contributed by atoms with E-state index in [9.17, 15) is 9.59 Å². The summed E-state index contributed by atoms with van der Waals surface area (Å²) in [7, 11) is 0. The van der Waals surface area contributed by atoms with Crippen LogP contribution in [0.1, 0.15) is 24.8 Å². The normalized spacial score (nSPS) is 24.0. The predicted molar refractivity (Wildman–Crippen MR) is 82.5 cm³/mol. The van der Waals surface area contributed by atoms with Crippen LogP contribution in [0.15, 0.2) is 30.3 Å². The molecule has 1 heterocycles. The first-order chi connectivity index (χ1) is 10.7. The number of nitrogens with zero attached hydrogens (tertiary/aromatic N) is 2. The van der Waals surface area contributed by atoms with Crippen molar-refractivity contribution in [3.63, 3.8) is 0 Å². The number of amides is 2. The number of rotatable bonds is 3. The third-order valence-corrected chi connectivity index (χ3v) is 4.45. The van der Waals surface area contributed by atoms with Crippen LogP contribution >= 0.6 is 0 Å². The van der Waals surface area contributed by atoms with Gasteiger partial charge in [0.2, 0.25) is 5.91 Å². The lowest BCUT2D eigenvalue weighted by Crippen LogP contribution is -2.51. The van der Waals surface area contributed by atoms with Gasteiger partial charge in [0.15, 0.2) is 0 Å². The summed E-state index contributed by atoms with van der Waals surface area (Å²) in [6, 6.07) is 10.2. The molecule has 0 spiro atoms. The molecule has 1 saturated heterocycles. The molecular formula is C17H22N2O3. The van der Waals surface area contributed by atoms with E-state index in [-0.39, 0.29) is 17.9 Å². The van der Waals surface area contributed by atoms with Crippen LogP contribution in [0, 0.1) is 5.92 Å². The Balaban J connectivity index is 1.50. The van der Waals surface area contributed by atoms with Crippen molar-refractivity contribution in [3.8, 4) is 0 Å². The fourth-order valence-corrected chi connectivity index (χ4v) is 3.10. The summed E-state index contributed by atoms with van der Waals surface area (Å²) in [4.78, 5) is 27.8. The average molecular weight is 302 g/mol. The molecule has 5 nitrogen and oxygen atoms in total. The molecule has 0 aromatic heterocycles. The van der Waals surface area contributed by atoms with E-state index in [4.69, 9.17) is 4.74 Å². The van der Waals surface area contributed by atoms with E-state index in [1.807, 2.05) is 23.1 Å². The minimum absolute atomic E-state index is 0.122. The molecule has 22 heavy (non-hydrogen) atoms. The Morgan fingerprint density at radius 1 is 1.09 bits per heavy atom. The monoisotopic (exact) mass is 302 g/mol. The second kappa shape index (κ2) is 6.38. The van der Waals surface area contributed by atoms with Gasteiger partial charge in [-0.3, -0.25) is 4.79 Å². The molecular weight excluding hydrogens is 280 g/mol. The van der Waals surface area contributed by atoms with Gasteiger partial charge in [-0.2, -0.15) is 0 Å². The van der Waals surface area contributed by atoms with Crippen LogP contribution < -0.4 is 0 Å².